The maximum absolute atomic E-state index is 12.8. The second-order valence-electron chi connectivity index (χ2n) is 5.71. The first-order valence-corrected chi connectivity index (χ1v) is 9.47. The van der Waals surface area contributed by atoms with E-state index in [4.69, 9.17) is 0 Å². The van der Waals surface area contributed by atoms with Gasteiger partial charge in [-0.05, 0) is 30.5 Å². The molecule has 128 valence electrons. The average Bonchev–Trinajstić information content (AvgIpc) is 2.88. The van der Waals surface area contributed by atoms with Gasteiger partial charge in [-0.1, -0.05) is 12.1 Å². The SMILES string of the molecule is O=S1(=O)CCC(Nc2cnnc(NCCc3ccc(F)cc3)n2)C1. The van der Waals surface area contributed by atoms with Crippen LogP contribution in [0, 0.1) is 5.82 Å². The summed E-state index contributed by atoms with van der Waals surface area (Å²) < 4.78 is 35.8. The first-order valence-electron chi connectivity index (χ1n) is 7.65. The summed E-state index contributed by atoms with van der Waals surface area (Å²) in [6, 6.07) is 6.17. The average molecular weight is 351 g/mol. The molecule has 24 heavy (non-hydrogen) atoms. The minimum Gasteiger partial charge on any atom is -0.365 e. The lowest BCUT2D eigenvalue weighted by molar-refractivity contribution is 0.602. The molecule has 0 radical (unpaired) electrons. The van der Waals surface area contributed by atoms with Gasteiger partial charge in [0.1, 0.15) is 5.82 Å². The zero-order valence-electron chi connectivity index (χ0n) is 12.9. The van der Waals surface area contributed by atoms with Crippen LogP contribution >= 0.6 is 0 Å². The van der Waals surface area contributed by atoms with Gasteiger partial charge in [-0.25, -0.2) is 12.8 Å². The summed E-state index contributed by atoms with van der Waals surface area (Å²) in [5.41, 5.74) is 1.00. The summed E-state index contributed by atoms with van der Waals surface area (Å²) in [5, 5.41) is 13.9. The van der Waals surface area contributed by atoms with Gasteiger partial charge in [0.05, 0.1) is 17.7 Å². The molecule has 1 aromatic heterocycles. The summed E-state index contributed by atoms with van der Waals surface area (Å²) in [6.45, 7) is 0.578. The lowest BCUT2D eigenvalue weighted by Crippen LogP contribution is -2.22. The van der Waals surface area contributed by atoms with E-state index < -0.39 is 9.84 Å². The highest BCUT2D eigenvalue weighted by atomic mass is 32.2. The van der Waals surface area contributed by atoms with Crippen molar-refractivity contribution < 1.29 is 12.8 Å². The highest BCUT2D eigenvalue weighted by Gasteiger charge is 2.28. The summed E-state index contributed by atoms with van der Waals surface area (Å²) >= 11 is 0. The Labute approximate surface area is 139 Å². The number of hydrogen-bond donors (Lipinski definition) is 2. The van der Waals surface area contributed by atoms with E-state index in [1.165, 1.54) is 18.3 Å². The third kappa shape index (κ3) is 4.60. The Morgan fingerprint density at radius 2 is 2.04 bits per heavy atom. The van der Waals surface area contributed by atoms with E-state index in [2.05, 4.69) is 25.8 Å². The van der Waals surface area contributed by atoms with Gasteiger partial charge in [0, 0.05) is 12.6 Å². The van der Waals surface area contributed by atoms with Crippen LogP contribution in [-0.2, 0) is 16.3 Å². The number of nitrogens with one attached hydrogen (secondary N) is 2. The largest absolute Gasteiger partial charge is 0.365 e. The van der Waals surface area contributed by atoms with Crippen LogP contribution in [0.5, 0.6) is 0 Å². The second kappa shape index (κ2) is 7.08. The predicted molar refractivity (Wildman–Crippen MR) is 89.1 cm³/mol. The van der Waals surface area contributed by atoms with Gasteiger partial charge < -0.3 is 10.6 Å². The van der Waals surface area contributed by atoms with Crippen molar-refractivity contribution in [2.75, 3.05) is 28.7 Å². The minimum atomic E-state index is -2.94. The predicted octanol–water partition coefficient (Wildman–Crippen LogP) is 1.26. The molecule has 1 aliphatic rings. The number of anilines is 2. The molecule has 2 heterocycles. The van der Waals surface area contributed by atoms with Gasteiger partial charge in [-0.15, -0.1) is 5.10 Å². The van der Waals surface area contributed by atoms with Crippen LogP contribution in [0.25, 0.3) is 0 Å². The fourth-order valence-corrected chi connectivity index (χ4v) is 4.21. The molecule has 0 saturated carbocycles. The van der Waals surface area contributed by atoms with Crippen molar-refractivity contribution in [2.45, 2.75) is 18.9 Å². The van der Waals surface area contributed by atoms with Crippen LogP contribution in [0.4, 0.5) is 16.2 Å². The van der Waals surface area contributed by atoms with Crippen LogP contribution in [0.3, 0.4) is 0 Å². The number of sulfone groups is 1. The molecule has 0 aliphatic carbocycles. The summed E-state index contributed by atoms with van der Waals surface area (Å²) in [5.74, 6) is 0.919. The molecule has 1 aromatic carbocycles. The maximum Gasteiger partial charge on any atom is 0.244 e. The van der Waals surface area contributed by atoms with Crippen molar-refractivity contribution in [3.8, 4) is 0 Å². The quantitative estimate of drug-likeness (QED) is 0.809. The summed E-state index contributed by atoms with van der Waals surface area (Å²) in [4.78, 5) is 4.28. The molecular formula is C15H18FN5O2S. The monoisotopic (exact) mass is 351 g/mol. The number of halogens is 1. The lowest BCUT2D eigenvalue weighted by Gasteiger charge is -2.11. The number of nitrogens with zero attached hydrogens (tertiary/aromatic N) is 3. The first kappa shape index (κ1) is 16.6. The van der Waals surface area contributed by atoms with Crippen molar-refractivity contribution in [1.29, 1.82) is 0 Å². The van der Waals surface area contributed by atoms with E-state index in [1.54, 1.807) is 12.1 Å². The zero-order chi connectivity index (χ0) is 17.0. The van der Waals surface area contributed by atoms with Crippen molar-refractivity contribution in [3.05, 3.63) is 41.8 Å². The third-order valence-corrected chi connectivity index (χ3v) is 5.52. The van der Waals surface area contributed by atoms with Crippen molar-refractivity contribution in [2.24, 2.45) is 0 Å². The van der Waals surface area contributed by atoms with Gasteiger partial charge >= 0.3 is 0 Å². The van der Waals surface area contributed by atoms with Gasteiger partial charge in [0.2, 0.25) is 5.95 Å². The third-order valence-electron chi connectivity index (χ3n) is 3.75. The van der Waals surface area contributed by atoms with E-state index in [1.807, 2.05) is 0 Å². The van der Waals surface area contributed by atoms with Crippen molar-refractivity contribution in [1.82, 2.24) is 15.2 Å². The van der Waals surface area contributed by atoms with Crippen LogP contribution in [0.1, 0.15) is 12.0 Å². The summed E-state index contributed by atoms with van der Waals surface area (Å²) in [7, 11) is -2.94. The Hall–Kier alpha value is -2.29. The molecule has 1 atom stereocenters. The number of rotatable bonds is 6. The molecule has 3 rings (SSSR count). The molecule has 1 fully saturated rings. The number of benzene rings is 1. The lowest BCUT2D eigenvalue weighted by atomic mass is 10.1. The van der Waals surface area contributed by atoms with Crippen molar-refractivity contribution in [3.63, 3.8) is 0 Å². The minimum absolute atomic E-state index is 0.115. The highest BCUT2D eigenvalue weighted by Crippen LogP contribution is 2.16. The molecule has 0 spiro atoms. The highest BCUT2D eigenvalue weighted by molar-refractivity contribution is 7.91. The van der Waals surface area contributed by atoms with Gasteiger partial charge in [-0.2, -0.15) is 10.1 Å². The Morgan fingerprint density at radius 1 is 1.25 bits per heavy atom. The van der Waals surface area contributed by atoms with Crippen LogP contribution in [0.15, 0.2) is 30.5 Å². The number of aromatic nitrogens is 3. The van der Waals surface area contributed by atoms with E-state index in [0.717, 1.165) is 5.56 Å². The topological polar surface area (TPSA) is 96.9 Å². The van der Waals surface area contributed by atoms with E-state index in [0.29, 0.717) is 31.2 Å². The van der Waals surface area contributed by atoms with Crippen molar-refractivity contribution >= 4 is 21.6 Å². The molecule has 0 bridgehead atoms. The molecule has 7 nitrogen and oxygen atoms in total. The maximum atomic E-state index is 12.8. The van der Waals surface area contributed by atoms with Crippen LogP contribution in [0.2, 0.25) is 0 Å². The fourth-order valence-electron chi connectivity index (χ4n) is 2.54. The Morgan fingerprint density at radius 3 is 2.75 bits per heavy atom. The standard InChI is InChI=1S/C15H18FN5O2S/c16-12-3-1-11(2-4-12)5-7-17-15-20-14(9-18-21-15)19-13-6-8-24(22,23)10-13/h1-4,9,13H,5-8,10H2,(H2,17,19,20,21). The molecule has 0 amide bonds. The van der Waals surface area contributed by atoms with E-state index in [-0.39, 0.29) is 23.4 Å². The Kier molecular flexibility index (Phi) is 4.89. The zero-order valence-corrected chi connectivity index (χ0v) is 13.8. The van der Waals surface area contributed by atoms with Crippen LogP contribution < -0.4 is 10.6 Å². The molecule has 1 saturated heterocycles. The normalized spacial score (nSPS) is 19.1. The Bertz CT molecular complexity index is 798. The molecule has 9 heteroatoms. The number of hydrogen-bond acceptors (Lipinski definition) is 7. The molecule has 2 aromatic rings. The molecular weight excluding hydrogens is 333 g/mol. The molecule has 1 unspecified atom stereocenters. The van der Waals surface area contributed by atoms with Crippen LogP contribution in [-0.4, -0.2) is 47.7 Å². The van der Waals surface area contributed by atoms with Gasteiger partial charge in [-0.3, -0.25) is 0 Å². The second-order valence-corrected chi connectivity index (χ2v) is 7.94. The fraction of sp³-hybridized carbons (Fsp3) is 0.400. The van der Waals surface area contributed by atoms with E-state index in [9.17, 15) is 12.8 Å². The Balaban J connectivity index is 1.52. The molecule has 1 aliphatic heterocycles. The molecule has 2 N–H and O–H groups in total. The van der Waals surface area contributed by atoms with Gasteiger partial charge in [0.15, 0.2) is 15.7 Å². The first-order chi connectivity index (χ1) is 11.5. The smallest absolute Gasteiger partial charge is 0.244 e. The van der Waals surface area contributed by atoms with Gasteiger partial charge in [0.25, 0.3) is 0 Å². The van der Waals surface area contributed by atoms with E-state index >= 15 is 0 Å². The summed E-state index contributed by atoms with van der Waals surface area (Å²) in [6.07, 6.45) is 2.73.